The van der Waals surface area contributed by atoms with Crippen LogP contribution < -0.4 is 10.5 Å². The molecule has 1 aromatic heterocycles. The predicted octanol–water partition coefficient (Wildman–Crippen LogP) is 4.37. The van der Waals surface area contributed by atoms with Gasteiger partial charge in [0.15, 0.2) is 0 Å². The number of aromatic nitrogens is 1. The number of aliphatic imine (C=N–C) groups is 1. The van der Waals surface area contributed by atoms with Crippen LogP contribution in [0.2, 0.25) is 0 Å². The lowest BCUT2D eigenvalue weighted by Gasteiger charge is -2.11. The standard InChI is InChI=1S/C21H21BBrN3O/c1-14-12-17(7-5-15-13-16(23)6-8-20(15)27-2)25-21(14)18(9-10-24)19-4-3-11-26(19)22/h3-8,11-13H,9-10,24H2,1-2H3/b7-5+,21-18-. The molecule has 2 radical (unpaired) electrons. The smallest absolute Gasteiger partial charge is 0.234 e. The van der Waals surface area contributed by atoms with Crippen LogP contribution in [-0.4, -0.2) is 31.8 Å². The molecule has 0 bridgehead atoms. The molecule has 0 fully saturated rings. The molecule has 0 atom stereocenters. The summed E-state index contributed by atoms with van der Waals surface area (Å²) in [5.41, 5.74) is 11.7. The van der Waals surface area contributed by atoms with Gasteiger partial charge in [0.2, 0.25) is 7.98 Å². The summed E-state index contributed by atoms with van der Waals surface area (Å²) in [5.74, 6) is 0.814. The minimum Gasteiger partial charge on any atom is -0.496 e. The summed E-state index contributed by atoms with van der Waals surface area (Å²) in [6, 6.07) is 9.81. The van der Waals surface area contributed by atoms with Crippen LogP contribution in [0.15, 0.2) is 69.4 Å². The fourth-order valence-corrected chi connectivity index (χ4v) is 3.48. The molecule has 0 aliphatic carbocycles. The minimum atomic E-state index is 0.535. The van der Waals surface area contributed by atoms with Crippen LogP contribution in [0.5, 0.6) is 5.75 Å². The molecule has 6 heteroatoms. The van der Waals surface area contributed by atoms with E-state index >= 15 is 0 Å². The highest BCUT2D eigenvalue weighted by atomic mass is 79.9. The lowest BCUT2D eigenvalue weighted by molar-refractivity contribution is 0.414. The highest BCUT2D eigenvalue weighted by molar-refractivity contribution is 9.10. The SMILES string of the molecule is [B]n1cccc1/C(CCN)=C1N=C(/C=C/c2cc(Br)ccc2OC)C=C\1C. The molecule has 3 rings (SSSR count). The number of rotatable bonds is 6. The molecule has 2 aromatic rings. The fourth-order valence-electron chi connectivity index (χ4n) is 3.10. The van der Waals surface area contributed by atoms with E-state index in [0.717, 1.165) is 44.0 Å². The second kappa shape index (κ2) is 8.59. The third-order valence-corrected chi connectivity index (χ3v) is 4.87. The van der Waals surface area contributed by atoms with Gasteiger partial charge in [0.1, 0.15) is 5.75 Å². The zero-order valence-corrected chi connectivity index (χ0v) is 17.0. The molecule has 0 spiro atoms. The summed E-state index contributed by atoms with van der Waals surface area (Å²) >= 11 is 3.50. The van der Waals surface area contributed by atoms with Crippen molar-refractivity contribution in [2.24, 2.45) is 10.7 Å². The average Bonchev–Trinajstić information content (AvgIpc) is 3.23. The molecule has 0 saturated heterocycles. The summed E-state index contributed by atoms with van der Waals surface area (Å²) in [5, 5.41) is 0. The zero-order chi connectivity index (χ0) is 19.4. The predicted molar refractivity (Wildman–Crippen MR) is 117 cm³/mol. The molecule has 27 heavy (non-hydrogen) atoms. The highest BCUT2D eigenvalue weighted by Crippen LogP contribution is 2.31. The number of halogens is 1. The van der Waals surface area contributed by atoms with Gasteiger partial charge in [-0.2, -0.15) is 0 Å². The Labute approximate surface area is 169 Å². The third-order valence-electron chi connectivity index (χ3n) is 4.37. The summed E-state index contributed by atoms with van der Waals surface area (Å²) < 4.78 is 8.03. The monoisotopic (exact) mass is 421 g/mol. The van der Waals surface area contributed by atoms with Gasteiger partial charge in [-0.3, -0.25) is 0 Å². The summed E-state index contributed by atoms with van der Waals surface area (Å²) in [7, 11) is 7.71. The molecule has 0 saturated carbocycles. The first kappa shape index (κ1) is 19.5. The maximum Gasteiger partial charge on any atom is 0.234 e. The molecule has 2 N–H and O–H groups in total. The van der Waals surface area contributed by atoms with E-state index in [1.165, 1.54) is 0 Å². The minimum absolute atomic E-state index is 0.535. The van der Waals surface area contributed by atoms with Crippen molar-refractivity contribution in [1.82, 2.24) is 4.48 Å². The molecule has 136 valence electrons. The van der Waals surface area contributed by atoms with E-state index in [4.69, 9.17) is 23.4 Å². The Hall–Kier alpha value is -2.31. The normalized spacial score (nSPS) is 15.9. The third kappa shape index (κ3) is 4.34. The van der Waals surface area contributed by atoms with Crippen LogP contribution in [0.25, 0.3) is 11.6 Å². The maximum atomic E-state index is 6.04. The number of allylic oxidation sites excluding steroid dienone is 3. The number of hydrogen-bond acceptors (Lipinski definition) is 3. The molecule has 0 amide bonds. The van der Waals surface area contributed by atoms with Crippen molar-refractivity contribution in [3.8, 4) is 5.75 Å². The van der Waals surface area contributed by atoms with E-state index < -0.39 is 0 Å². The lowest BCUT2D eigenvalue weighted by atomic mass is 10.0. The lowest BCUT2D eigenvalue weighted by Crippen LogP contribution is -2.05. The maximum absolute atomic E-state index is 6.04. The Morgan fingerprint density at radius 3 is 2.81 bits per heavy atom. The van der Waals surface area contributed by atoms with Crippen molar-refractivity contribution in [1.29, 1.82) is 0 Å². The van der Waals surface area contributed by atoms with Crippen LogP contribution in [0.4, 0.5) is 0 Å². The van der Waals surface area contributed by atoms with Crippen molar-refractivity contribution >= 4 is 41.3 Å². The summed E-state index contributed by atoms with van der Waals surface area (Å²) in [6.45, 7) is 2.59. The summed E-state index contributed by atoms with van der Waals surface area (Å²) in [6.07, 6.45) is 8.59. The van der Waals surface area contributed by atoms with Crippen LogP contribution in [0.3, 0.4) is 0 Å². The first-order valence-electron chi connectivity index (χ1n) is 8.68. The van der Waals surface area contributed by atoms with E-state index in [1.807, 2.05) is 48.7 Å². The van der Waals surface area contributed by atoms with Gasteiger partial charge in [0.05, 0.1) is 18.5 Å². The molecular formula is C21H21BBrN3O. The second-order valence-electron chi connectivity index (χ2n) is 6.25. The van der Waals surface area contributed by atoms with Crippen LogP contribution in [-0.2, 0) is 0 Å². The van der Waals surface area contributed by atoms with Gasteiger partial charge in [-0.25, -0.2) is 4.99 Å². The molecule has 0 unspecified atom stereocenters. The molecule has 2 heterocycles. The fraction of sp³-hybridized carbons (Fsp3) is 0.190. The first-order chi connectivity index (χ1) is 13.0. The van der Waals surface area contributed by atoms with E-state index in [2.05, 4.69) is 28.9 Å². The number of benzene rings is 1. The number of methoxy groups -OCH3 is 1. The van der Waals surface area contributed by atoms with Crippen LogP contribution >= 0.6 is 15.9 Å². The van der Waals surface area contributed by atoms with E-state index in [1.54, 1.807) is 11.6 Å². The highest BCUT2D eigenvalue weighted by Gasteiger charge is 2.17. The zero-order valence-electron chi connectivity index (χ0n) is 15.4. The van der Waals surface area contributed by atoms with Gasteiger partial charge in [-0.15, -0.1) is 0 Å². The van der Waals surface area contributed by atoms with Gasteiger partial charge in [0, 0.05) is 21.3 Å². The Morgan fingerprint density at radius 2 is 2.15 bits per heavy atom. The Bertz CT molecular complexity index is 970. The van der Waals surface area contributed by atoms with Crippen molar-refractivity contribution in [3.05, 3.63) is 75.7 Å². The van der Waals surface area contributed by atoms with Crippen molar-refractivity contribution < 1.29 is 4.74 Å². The van der Waals surface area contributed by atoms with Gasteiger partial charge in [-0.1, -0.05) is 15.9 Å². The number of nitrogens with zero attached hydrogens (tertiary/aromatic N) is 2. The number of hydrogen-bond donors (Lipinski definition) is 1. The second-order valence-corrected chi connectivity index (χ2v) is 7.17. The molecular weight excluding hydrogens is 401 g/mol. The summed E-state index contributed by atoms with van der Waals surface area (Å²) in [4.78, 5) is 4.82. The quantitative estimate of drug-likeness (QED) is 0.704. The first-order valence-corrected chi connectivity index (χ1v) is 9.47. The molecule has 1 aliphatic rings. The molecule has 1 aliphatic heterocycles. The van der Waals surface area contributed by atoms with Crippen molar-refractivity contribution in [3.63, 3.8) is 0 Å². The van der Waals surface area contributed by atoms with Gasteiger partial charge in [-0.05, 0) is 80.2 Å². The van der Waals surface area contributed by atoms with Crippen LogP contribution in [0, 0.1) is 0 Å². The Balaban J connectivity index is 1.97. The largest absolute Gasteiger partial charge is 0.496 e. The Morgan fingerprint density at radius 1 is 1.33 bits per heavy atom. The molecule has 4 nitrogen and oxygen atoms in total. The number of ether oxygens (including phenoxy) is 1. The van der Waals surface area contributed by atoms with Gasteiger partial charge >= 0.3 is 0 Å². The van der Waals surface area contributed by atoms with Gasteiger partial charge < -0.3 is 14.9 Å². The van der Waals surface area contributed by atoms with Gasteiger partial charge in [0.25, 0.3) is 0 Å². The van der Waals surface area contributed by atoms with Crippen molar-refractivity contribution in [2.75, 3.05) is 13.7 Å². The van der Waals surface area contributed by atoms with E-state index in [0.29, 0.717) is 13.0 Å². The van der Waals surface area contributed by atoms with E-state index in [-0.39, 0.29) is 0 Å². The molecule has 1 aromatic carbocycles. The topological polar surface area (TPSA) is 52.5 Å². The van der Waals surface area contributed by atoms with Crippen molar-refractivity contribution in [2.45, 2.75) is 13.3 Å². The van der Waals surface area contributed by atoms with Crippen LogP contribution in [0.1, 0.15) is 24.6 Å². The average molecular weight is 422 g/mol. The number of nitrogens with two attached hydrogens (primary N) is 1. The van der Waals surface area contributed by atoms with E-state index in [9.17, 15) is 0 Å². The Kier molecular flexibility index (Phi) is 6.19.